The average Bonchev–Trinajstić information content (AvgIpc) is 2.99. The SMILES string of the molecule is CNCC1CCC(C(=O)N2CCC[C@@H]([C@@](O)(CCCOC(=O)NC)c3cc(F)cc(F)c3-c3cccc(C)c3)C2)CC1. The minimum absolute atomic E-state index is 0.0325. The molecule has 1 saturated carbocycles. The Morgan fingerprint density at radius 3 is 2.55 bits per heavy atom. The summed E-state index contributed by atoms with van der Waals surface area (Å²) in [7, 11) is 3.41. The van der Waals surface area contributed by atoms with Crippen molar-refractivity contribution in [3.8, 4) is 11.1 Å². The van der Waals surface area contributed by atoms with Crippen molar-refractivity contribution in [3.05, 3.63) is 59.2 Å². The van der Waals surface area contributed by atoms with Crippen LogP contribution in [0.3, 0.4) is 0 Å². The standard InChI is InChI=1S/C33H45F2N3O4/c1-22-7-4-8-25(17-22)30-28(18-27(34)19-29(30)35)33(41,14-6-16-42-32(40)37-3)26-9-5-15-38(21-26)31(39)24-12-10-23(11-13-24)20-36-2/h4,7-8,17-19,23-24,26,36,41H,5-6,9-16,20-21H2,1-3H3,(H,37,40)/t23?,24?,26-,33+/m1/s1. The Kier molecular flexibility index (Phi) is 11.0. The predicted octanol–water partition coefficient (Wildman–Crippen LogP) is 5.53. The molecule has 2 aliphatic rings. The Morgan fingerprint density at radius 1 is 1.10 bits per heavy atom. The first-order valence-electron chi connectivity index (χ1n) is 15.2. The molecule has 2 aromatic carbocycles. The molecule has 2 fully saturated rings. The topological polar surface area (TPSA) is 90.9 Å². The summed E-state index contributed by atoms with van der Waals surface area (Å²) in [5.41, 5.74) is 0.101. The van der Waals surface area contributed by atoms with Crippen LogP contribution in [0.5, 0.6) is 0 Å². The highest BCUT2D eigenvalue weighted by molar-refractivity contribution is 5.79. The number of rotatable bonds is 10. The van der Waals surface area contributed by atoms with Crippen molar-refractivity contribution >= 4 is 12.0 Å². The molecule has 42 heavy (non-hydrogen) atoms. The third-order valence-electron chi connectivity index (χ3n) is 9.06. The summed E-state index contributed by atoms with van der Waals surface area (Å²) >= 11 is 0. The molecule has 2 amide bonds. The molecule has 0 aromatic heterocycles. The van der Waals surface area contributed by atoms with Gasteiger partial charge in [-0.1, -0.05) is 29.8 Å². The molecule has 2 atom stereocenters. The molecule has 0 radical (unpaired) electrons. The molecule has 0 spiro atoms. The zero-order valence-electron chi connectivity index (χ0n) is 25.1. The lowest BCUT2D eigenvalue weighted by molar-refractivity contribution is -0.142. The maximum atomic E-state index is 15.6. The quantitative estimate of drug-likeness (QED) is 0.319. The van der Waals surface area contributed by atoms with E-state index in [1.807, 2.05) is 31.0 Å². The van der Waals surface area contributed by atoms with Crippen LogP contribution < -0.4 is 10.6 Å². The highest BCUT2D eigenvalue weighted by atomic mass is 19.1. The summed E-state index contributed by atoms with van der Waals surface area (Å²) in [4.78, 5) is 27.2. The first-order chi connectivity index (χ1) is 20.2. The predicted molar refractivity (Wildman–Crippen MR) is 159 cm³/mol. The maximum absolute atomic E-state index is 15.6. The highest BCUT2D eigenvalue weighted by Gasteiger charge is 2.44. The Bertz CT molecular complexity index is 1230. The maximum Gasteiger partial charge on any atom is 0.406 e. The third-order valence-corrected chi connectivity index (χ3v) is 9.06. The monoisotopic (exact) mass is 585 g/mol. The summed E-state index contributed by atoms with van der Waals surface area (Å²) in [6.07, 6.45) is 4.77. The molecule has 1 aliphatic carbocycles. The summed E-state index contributed by atoms with van der Waals surface area (Å²) in [5.74, 6) is -1.34. The van der Waals surface area contributed by atoms with Crippen LogP contribution in [-0.4, -0.2) is 62.3 Å². The number of benzene rings is 2. The van der Waals surface area contributed by atoms with Crippen LogP contribution in [0.2, 0.25) is 0 Å². The normalized spacial score (nSPS) is 22.3. The number of ether oxygens (including phenoxy) is 1. The van der Waals surface area contributed by atoms with Crippen LogP contribution in [-0.2, 0) is 15.1 Å². The van der Waals surface area contributed by atoms with Gasteiger partial charge in [0.25, 0.3) is 0 Å². The second kappa shape index (κ2) is 14.4. The van der Waals surface area contributed by atoms with Gasteiger partial charge in [-0.25, -0.2) is 13.6 Å². The van der Waals surface area contributed by atoms with Crippen molar-refractivity contribution in [2.75, 3.05) is 40.3 Å². The van der Waals surface area contributed by atoms with E-state index < -0.39 is 29.2 Å². The Hall–Kier alpha value is -3.04. The Balaban J connectivity index is 1.65. The van der Waals surface area contributed by atoms with E-state index >= 15 is 4.39 Å². The molecule has 0 unspecified atom stereocenters. The molecule has 3 N–H and O–H groups in total. The van der Waals surface area contributed by atoms with E-state index in [2.05, 4.69) is 10.6 Å². The Labute approximate surface area is 248 Å². The van der Waals surface area contributed by atoms with E-state index in [0.717, 1.165) is 43.9 Å². The molecular weight excluding hydrogens is 540 g/mol. The lowest BCUT2D eigenvalue weighted by atomic mass is 9.71. The third kappa shape index (κ3) is 7.48. The van der Waals surface area contributed by atoms with Crippen molar-refractivity contribution < 1.29 is 28.2 Å². The van der Waals surface area contributed by atoms with E-state index in [9.17, 15) is 19.1 Å². The average molecular weight is 586 g/mol. The number of aryl methyl sites for hydroxylation is 1. The Morgan fingerprint density at radius 2 is 1.86 bits per heavy atom. The first kappa shape index (κ1) is 31.9. The summed E-state index contributed by atoms with van der Waals surface area (Å²) in [5, 5.41) is 18.2. The van der Waals surface area contributed by atoms with Gasteiger partial charge in [0, 0.05) is 43.6 Å². The van der Waals surface area contributed by atoms with E-state index in [4.69, 9.17) is 4.74 Å². The molecular formula is C33H45F2N3O4. The molecule has 2 aromatic rings. The van der Waals surface area contributed by atoms with Crippen LogP contribution in [0.4, 0.5) is 13.6 Å². The van der Waals surface area contributed by atoms with E-state index in [1.54, 1.807) is 12.1 Å². The van der Waals surface area contributed by atoms with Crippen molar-refractivity contribution in [2.45, 2.75) is 63.9 Å². The number of aliphatic hydroxyl groups is 1. The number of piperidine rings is 1. The zero-order chi connectivity index (χ0) is 30.3. The van der Waals surface area contributed by atoms with Gasteiger partial charge in [-0.05, 0) is 95.0 Å². The number of carbonyl (C=O) groups is 2. The van der Waals surface area contributed by atoms with Crippen LogP contribution in [0.1, 0.15) is 62.5 Å². The fourth-order valence-electron chi connectivity index (χ4n) is 6.87. The molecule has 4 rings (SSSR count). The number of halogens is 2. The fourth-order valence-corrected chi connectivity index (χ4v) is 6.87. The van der Waals surface area contributed by atoms with Gasteiger partial charge in [-0.2, -0.15) is 0 Å². The molecule has 1 saturated heterocycles. The fraction of sp³-hybridized carbons (Fsp3) is 0.576. The lowest BCUT2D eigenvalue weighted by Gasteiger charge is -2.44. The minimum Gasteiger partial charge on any atom is -0.450 e. The molecule has 9 heteroatoms. The van der Waals surface area contributed by atoms with Crippen molar-refractivity contribution in [1.29, 1.82) is 0 Å². The van der Waals surface area contributed by atoms with Gasteiger partial charge < -0.3 is 25.4 Å². The number of alkyl carbamates (subject to hydrolysis) is 1. The number of hydrogen-bond donors (Lipinski definition) is 3. The van der Waals surface area contributed by atoms with Gasteiger partial charge in [0.1, 0.15) is 11.6 Å². The van der Waals surface area contributed by atoms with Gasteiger partial charge >= 0.3 is 6.09 Å². The molecule has 230 valence electrons. The molecule has 1 heterocycles. The number of nitrogens with zero attached hydrogens (tertiary/aromatic N) is 1. The van der Waals surface area contributed by atoms with Crippen molar-refractivity contribution in [1.82, 2.24) is 15.5 Å². The van der Waals surface area contributed by atoms with Crippen LogP contribution in [0.25, 0.3) is 11.1 Å². The summed E-state index contributed by atoms with van der Waals surface area (Å²) in [6.45, 7) is 3.78. The lowest BCUT2D eigenvalue weighted by Crippen LogP contribution is -2.50. The zero-order valence-corrected chi connectivity index (χ0v) is 25.1. The number of carbonyl (C=O) groups excluding carboxylic acids is 2. The minimum atomic E-state index is -1.67. The van der Waals surface area contributed by atoms with Gasteiger partial charge in [-0.15, -0.1) is 0 Å². The molecule has 1 aliphatic heterocycles. The number of likely N-dealkylation sites (tertiary alicyclic amines) is 1. The largest absolute Gasteiger partial charge is 0.450 e. The van der Waals surface area contributed by atoms with Gasteiger partial charge in [-0.3, -0.25) is 4.79 Å². The van der Waals surface area contributed by atoms with E-state index in [1.165, 1.54) is 13.1 Å². The summed E-state index contributed by atoms with van der Waals surface area (Å²) in [6, 6.07) is 9.34. The molecule has 0 bridgehead atoms. The first-order valence-corrected chi connectivity index (χ1v) is 15.2. The van der Waals surface area contributed by atoms with Crippen LogP contribution in [0.15, 0.2) is 36.4 Å². The van der Waals surface area contributed by atoms with Gasteiger partial charge in [0.05, 0.1) is 12.2 Å². The number of nitrogens with one attached hydrogen (secondary N) is 2. The molecule has 7 nitrogen and oxygen atoms in total. The van der Waals surface area contributed by atoms with Crippen LogP contribution >= 0.6 is 0 Å². The van der Waals surface area contributed by atoms with E-state index in [0.29, 0.717) is 37.4 Å². The van der Waals surface area contributed by atoms with Gasteiger partial charge in [0.15, 0.2) is 0 Å². The van der Waals surface area contributed by atoms with Crippen LogP contribution in [0, 0.1) is 36.3 Å². The second-order valence-corrected chi connectivity index (χ2v) is 12.0. The number of hydrogen-bond acceptors (Lipinski definition) is 5. The highest BCUT2D eigenvalue weighted by Crippen LogP contribution is 2.45. The van der Waals surface area contributed by atoms with Crippen molar-refractivity contribution in [2.24, 2.45) is 17.8 Å². The second-order valence-electron chi connectivity index (χ2n) is 12.0. The van der Waals surface area contributed by atoms with Gasteiger partial charge in [0.2, 0.25) is 5.91 Å². The van der Waals surface area contributed by atoms with Crippen molar-refractivity contribution in [3.63, 3.8) is 0 Å². The van der Waals surface area contributed by atoms with E-state index in [-0.39, 0.29) is 42.4 Å². The number of amides is 2. The smallest absolute Gasteiger partial charge is 0.406 e. The summed E-state index contributed by atoms with van der Waals surface area (Å²) < 4.78 is 35.7.